The van der Waals surface area contributed by atoms with Crippen LogP contribution in [0.2, 0.25) is 0 Å². The third-order valence-corrected chi connectivity index (χ3v) is 5.06. The molecule has 0 bridgehead atoms. The highest BCUT2D eigenvalue weighted by Gasteiger charge is 2.44. The van der Waals surface area contributed by atoms with E-state index in [1.807, 2.05) is 30.3 Å². The molecule has 1 aliphatic carbocycles. The minimum Gasteiger partial charge on any atom is -0.359 e. The molecule has 4 rings (SSSR count). The van der Waals surface area contributed by atoms with Crippen molar-refractivity contribution in [2.75, 3.05) is 18.4 Å². The number of ether oxygens (including phenoxy) is 1. The standard InChI is InChI=1S/C20H21FN2O2/c21-16-11-15(14-5-2-1-3-6-14)7-8-17(16)23-19(24)18-12-22-13-20(25-18)9-4-10-20/h1-3,5-8,11,18,22H,4,9-10,12-13H2,(H,23,24). The van der Waals surface area contributed by atoms with E-state index >= 15 is 0 Å². The van der Waals surface area contributed by atoms with Crippen molar-refractivity contribution in [2.24, 2.45) is 0 Å². The molecule has 1 spiro atoms. The molecule has 5 heteroatoms. The quantitative estimate of drug-likeness (QED) is 0.901. The van der Waals surface area contributed by atoms with Crippen LogP contribution < -0.4 is 10.6 Å². The van der Waals surface area contributed by atoms with Crippen molar-refractivity contribution in [2.45, 2.75) is 31.0 Å². The van der Waals surface area contributed by atoms with Crippen LogP contribution in [0.5, 0.6) is 0 Å². The van der Waals surface area contributed by atoms with E-state index < -0.39 is 11.9 Å². The molecule has 1 atom stereocenters. The van der Waals surface area contributed by atoms with E-state index in [9.17, 15) is 9.18 Å². The van der Waals surface area contributed by atoms with Gasteiger partial charge in [0.25, 0.3) is 5.91 Å². The summed E-state index contributed by atoms with van der Waals surface area (Å²) in [6, 6.07) is 14.4. The van der Waals surface area contributed by atoms with Gasteiger partial charge in [-0.1, -0.05) is 36.4 Å². The zero-order valence-electron chi connectivity index (χ0n) is 13.9. The van der Waals surface area contributed by atoms with Gasteiger partial charge in [0, 0.05) is 13.1 Å². The van der Waals surface area contributed by atoms with Gasteiger partial charge in [0.05, 0.1) is 11.3 Å². The molecule has 1 aliphatic heterocycles. The van der Waals surface area contributed by atoms with Gasteiger partial charge in [-0.05, 0) is 42.5 Å². The molecular weight excluding hydrogens is 319 g/mol. The Kier molecular flexibility index (Phi) is 4.27. The minimum atomic E-state index is -0.581. The van der Waals surface area contributed by atoms with Gasteiger partial charge in [-0.25, -0.2) is 4.39 Å². The molecule has 4 nitrogen and oxygen atoms in total. The van der Waals surface area contributed by atoms with Crippen LogP contribution in [-0.4, -0.2) is 30.7 Å². The molecule has 2 fully saturated rings. The first-order chi connectivity index (χ1) is 12.2. The Balaban J connectivity index is 1.46. The van der Waals surface area contributed by atoms with Crippen LogP contribution in [0, 0.1) is 5.82 Å². The number of nitrogens with one attached hydrogen (secondary N) is 2. The van der Waals surface area contributed by atoms with E-state index in [4.69, 9.17) is 4.74 Å². The van der Waals surface area contributed by atoms with Crippen LogP contribution in [-0.2, 0) is 9.53 Å². The molecule has 130 valence electrons. The van der Waals surface area contributed by atoms with E-state index in [2.05, 4.69) is 10.6 Å². The molecule has 1 unspecified atom stereocenters. The fourth-order valence-electron chi connectivity index (χ4n) is 3.47. The number of carbonyl (C=O) groups is 1. The molecule has 0 radical (unpaired) electrons. The monoisotopic (exact) mass is 340 g/mol. The molecule has 2 aliphatic rings. The van der Waals surface area contributed by atoms with Crippen molar-refractivity contribution >= 4 is 11.6 Å². The Morgan fingerprint density at radius 2 is 1.96 bits per heavy atom. The van der Waals surface area contributed by atoms with E-state index in [0.29, 0.717) is 6.54 Å². The Bertz CT molecular complexity index is 775. The van der Waals surface area contributed by atoms with Crippen molar-refractivity contribution < 1.29 is 13.9 Å². The SMILES string of the molecule is O=C(Nc1ccc(-c2ccccc2)cc1F)C1CNCC2(CCC2)O1. The highest BCUT2D eigenvalue weighted by molar-refractivity contribution is 5.94. The largest absolute Gasteiger partial charge is 0.359 e. The molecule has 1 saturated heterocycles. The molecule has 2 aromatic rings. The smallest absolute Gasteiger partial charge is 0.254 e. The van der Waals surface area contributed by atoms with Gasteiger partial charge in [0.15, 0.2) is 0 Å². The normalized spacial score (nSPS) is 21.6. The lowest BCUT2D eigenvalue weighted by Crippen LogP contribution is -2.60. The van der Waals surface area contributed by atoms with Crippen molar-refractivity contribution in [3.05, 3.63) is 54.3 Å². The average Bonchev–Trinajstić information content (AvgIpc) is 2.63. The first kappa shape index (κ1) is 16.2. The van der Waals surface area contributed by atoms with E-state index in [1.54, 1.807) is 12.1 Å². The maximum Gasteiger partial charge on any atom is 0.254 e. The summed E-state index contributed by atoms with van der Waals surface area (Å²) < 4.78 is 20.4. The maximum absolute atomic E-state index is 14.4. The van der Waals surface area contributed by atoms with Gasteiger partial charge in [0.1, 0.15) is 11.9 Å². The van der Waals surface area contributed by atoms with Gasteiger partial charge < -0.3 is 15.4 Å². The summed E-state index contributed by atoms with van der Waals surface area (Å²) in [6.07, 6.45) is 2.50. The van der Waals surface area contributed by atoms with Gasteiger partial charge in [-0.3, -0.25) is 4.79 Å². The number of morpholine rings is 1. The highest BCUT2D eigenvalue weighted by atomic mass is 19.1. The van der Waals surface area contributed by atoms with Crippen LogP contribution in [0.1, 0.15) is 19.3 Å². The van der Waals surface area contributed by atoms with Crippen LogP contribution in [0.4, 0.5) is 10.1 Å². The molecule has 2 aromatic carbocycles. The first-order valence-electron chi connectivity index (χ1n) is 8.70. The summed E-state index contributed by atoms with van der Waals surface area (Å²) >= 11 is 0. The van der Waals surface area contributed by atoms with Crippen LogP contribution >= 0.6 is 0 Å². The Hall–Kier alpha value is -2.24. The molecular formula is C20H21FN2O2. The fraction of sp³-hybridized carbons (Fsp3) is 0.350. The average molecular weight is 340 g/mol. The zero-order valence-corrected chi connectivity index (χ0v) is 13.9. The minimum absolute atomic E-state index is 0.182. The number of hydrogen-bond acceptors (Lipinski definition) is 3. The Labute approximate surface area is 146 Å². The lowest BCUT2D eigenvalue weighted by atomic mass is 9.79. The van der Waals surface area contributed by atoms with Crippen molar-refractivity contribution in [1.82, 2.24) is 5.32 Å². The highest BCUT2D eigenvalue weighted by Crippen LogP contribution is 2.37. The number of benzene rings is 2. The Morgan fingerprint density at radius 1 is 1.16 bits per heavy atom. The lowest BCUT2D eigenvalue weighted by Gasteiger charge is -2.47. The van der Waals surface area contributed by atoms with Crippen LogP contribution in [0.25, 0.3) is 11.1 Å². The number of amides is 1. The molecule has 25 heavy (non-hydrogen) atoms. The summed E-state index contributed by atoms with van der Waals surface area (Å²) in [5.41, 5.74) is 1.70. The summed E-state index contributed by atoms with van der Waals surface area (Å²) in [5.74, 6) is -0.748. The third kappa shape index (κ3) is 3.30. The topological polar surface area (TPSA) is 50.4 Å². The lowest BCUT2D eigenvalue weighted by molar-refractivity contribution is -0.169. The summed E-state index contributed by atoms with van der Waals surface area (Å²) in [4.78, 5) is 12.5. The van der Waals surface area contributed by atoms with Gasteiger partial charge in [-0.2, -0.15) is 0 Å². The van der Waals surface area contributed by atoms with Crippen molar-refractivity contribution in [3.63, 3.8) is 0 Å². The predicted octanol–water partition coefficient (Wildman–Crippen LogP) is 3.34. The third-order valence-electron chi connectivity index (χ3n) is 5.06. The fourth-order valence-corrected chi connectivity index (χ4v) is 3.47. The molecule has 0 aromatic heterocycles. The van der Waals surface area contributed by atoms with E-state index in [-0.39, 0.29) is 17.2 Å². The second kappa shape index (κ2) is 6.58. The summed E-state index contributed by atoms with van der Waals surface area (Å²) in [7, 11) is 0. The first-order valence-corrected chi connectivity index (χ1v) is 8.70. The molecule has 1 heterocycles. The second-order valence-electron chi connectivity index (χ2n) is 6.82. The Morgan fingerprint density at radius 3 is 2.64 bits per heavy atom. The number of hydrogen-bond donors (Lipinski definition) is 2. The zero-order chi connectivity index (χ0) is 17.3. The number of halogens is 1. The summed E-state index contributed by atoms with van der Waals surface area (Å²) in [6.45, 7) is 1.24. The van der Waals surface area contributed by atoms with Gasteiger partial charge >= 0.3 is 0 Å². The second-order valence-corrected chi connectivity index (χ2v) is 6.82. The van der Waals surface area contributed by atoms with Gasteiger partial charge in [-0.15, -0.1) is 0 Å². The van der Waals surface area contributed by atoms with E-state index in [0.717, 1.165) is 36.9 Å². The molecule has 2 N–H and O–H groups in total. The summed E-state index contributed by atoms with van der Waals surface area (Å²) in [5, 5.41) is 5.93. The van der Waals surface area contributed by atoms with Crippen LogP contribution in [0.15, 0.2) is 48.5 Å². The number of carbonyl (C=O) groups excluding carboxylic acids is 1. The molecule has 1 amide bonds. The van der Waals surface area contributed by atoms with Crippen molar-refractivity contribution in [1.29, 1.82) is 0 Å². The predicted molar refractivity (Wildman–Crippen MR) is 94.8 cm³/mol. The van der Waals surface area contributed by atoms with Gasteiger partial charge in [0.2, 0.25) is 0 Å². The van der Waals surface area contributed by atoms with E-state index in [1.165, 1.54) is 6.07 Å². The molecule has 1 saturated carbocycles. The maximum atomic E-state index is 14.4. The number of rotatable bonds is 3. The van der Waals surface area contributed by atoms with Crippen molar-refractivity contribution in [3.8, 4) is 11.1 Å². The number of anilines is 1. The van der Waals surface area contributed by atoms with Crippen LogP contribution in [0.3, 0.4) is 0 Å².